The van der Waals surface area contributed by atoms with E-state index < -0.39 is 18.4 Å². The van der Waals surface area contributed by atoms with Crippen LogP contribution in [0.2, 0.25) is 0 Å². The Kier molecular flexibility index (Phi) is 3.64. The molecule has 1 aromatic carbocycles. The average Bonchev–Trinajstić information content (AvgIpc) is 2.01. The van der Waals surface area contributed by atoms with Crippen molar-refractivity contribution in [1.82, 2.24) is 0 Å². The smallest absolute Gasteiger partial charge is 0.322 e. The van der Waals surface area contributed by atoms with Crippen molar-refractivity contribution in [1.29, 1.82) is 0 Å². The number of hydrogen-bond acceptors (Lipinski definition) is 3. The van der Waals surface area contributed by atoms with Gasteiger partial charge in [-0.25, -0.2) is 0 Å². The van der Waals surface area contributed by atoms with E-state index in [0.717, 1.165) is 4.47 Å². The van der Waals surface area contributed by atoms with Gasteiger partial charge in [0.2, 0.25) is 0 Å². The fourth-order valence-corrected chi connectivity index (χ4v) is 1.20. The van der Waals surface area contributed by atoms with Crippen LogP contribution in [0.4, 0.5) is 0 Å². The van der Waals surface area contributed by atoms with E-state index in [0.29, 0.717) is 5.75 Å². The normalized spacial score (nSPS) is 9.50. The average molecular weight is 259 g/mol. The summed E-state index contributed by atoms with van der Waals surface area (Å²) in [7, 11) is 0. The van der Waals surface area contributed by atoms with Crippen LogP contribution >= 0.6 is 15.9 Å². The van der Waals surface area contributed by atoms with Crippen molar-refractivity contribution in [2.24, 2.45) is 0 Å². The predicted octanol–water partition coefficient (Wildman–Crippen LogP) is 1.83. The Morgan fingerprint density at radius 2 is 2.14 bits per heavy atom. The van der Waals surface area contributed by atoms with Crippen LogP contribution in [0.5, 0.6) is 5.75 Å². The molecule has 0 radical (unpaired) electrons. The van der Waals surface area contributed by atoms with Gasteiger partial charge < -0.3 is 9.84 Å². The third-order valence-electron chi connectivity index (χ3n) is 1.32. The fourth-order valence-electron chi connectivity index (χ4n) is 0.821. The molecule has 5 heteroatoms. The Hall–Kier alpha value is -1.36. The van der Waals surface area contributed by atoms with Crippen LogP contribution in [0.15, 0.2) is 28.7 Å². The minimum Gasteiger partial charge on any atom is -0.481 e. The lowest BCUT2D eigenvalue weighted by molar-refractivity contribution is -0.145. The number of carboxylic acid groups (broad SMARTS) is 1. The van der Waals surface area contributed by atoms with E-state index in [4.69, 9.17) is 9.84 Å². The molecule has 1 aromatic rings. The number of rotatable bonds is 3. The second-order valence-corrected chi connectivity index (χ2v) is 3.42. The predicted molar refractivity (Wildman–Crippen MR) is 52.0 cm³/mol. The van der Waals surface area contributed by atoms with E-state index in [1.165, 1.54) is 0 Å². The topological polar surface area (TPSA) is 63.6 Å². The monoisotopic (exact) mass is 258 g/mol. The molecular weight excluding hydrogens is 252 g/mol. The molecule has 0 saturated heterocycles. The first kappa shape index (κ1) is 10.7. The highest BCUT2D eigenvalue weighted by atomic mass is 79.9. The van der Waals surface area contributed by atoms with E-state index in [2.05, 4.69) is 15.9 Å². The molecule has 0 spiro atoms. The number of carbonyl (C=O) groups excluding carboxylic acids is 1. The first-order valence-corrected chi connectivity index (χ1v) is 4.55. The van der Waals surface area contributed by atoms with Gasteiger partial charge in [0.1, 0.15) is 12.2 Å². The lowest BCUT2D eigenvalue weighted by atomic mass is 10.3. The Morgan fingerprint density at radius 1 is 1.43 bits per heavy atom. The van der Waals surface area contributed by atoms with Gasteiger partial charge in [0, 0.05) is 4.47 Å². The molecule has 0 aliphatic heterocycles. The van der Waals surface area contributed by atoms with Crippen LogP contribution < -0.4 is 4.74 Å². The molecule has 74 valence electrons. The van der Waals surface area contributed by atoms with Crippen LogP contribution in [-0.2, 0) is 9.59 Å². The van der Waals surface area contributed by atoms with Crippen LogP contribution in [-0.4, -0.2) is 17.0 Å². The molecule has 0 aliphatic rings. The van der Waals surface area contributed by atoms with E-state index >= 15 is 0 Å². The highest BCUT2D eigenvalue weighted by Gasteiger charge is 2.09. The summed E-state index contributed by atoms with van der Waals surface area (Å²) in [6.07, 6.45) is -0.632. The summed E-state index contributed by atoms with van der Waals surface area (Å²) in [6, 6.07) is 6.62. The third-order valence-corrected chi connectivity index (χ3v) is 1.82. The van der Waals surface area contributed by atoms with Gasteiger partial charge in [-0.1, -0.05) is 22.0 Å². The molecule has 0 heterocycles. The number of hydrogen-bond donors (Lipinski definition) is 1. The van der Waals surface area contributed by atoms with Gasteiger partial charge in [0.05, 0.1) is 0 Å². The highest BCUT2D eigenvalue weighted by molar-refractivity contribution is 9.10. The van der Waals surface area contributed by atoms with Crippen molar-refractivity contribution >= 4 is 27.9 Å². The number of halogens is 1. The largest absolute Gasteiger partial charge is 0.481 e. The number of esters is 1. The van der Waals surface area contributed by atoms with Crippen molar-refractivity contribution in [2.75, 3.05) is 0 Å². The maximum absolute atomic E-state index is 10.9. The molecule has 0 unspecified atom stereocenters. The molecular formula is C9H7BrO4. The summed E-state index contributed by atoms with van der Waals surface area (Å²) in [5, 5.41) is 8.31. The zero-order chi connectivity index (χ0) is 10.6. The number of aliphatic carboxylic acids is 1. The van der Waals surface area contributed by atoms with Crippen LogP contribution in [0.1, 0.15) is 6.42 Å². The van der Waals surface area contributed by atoms with Crippen molar-refractivity contribution < 1.29 is 19.4 Å². The molecule has 1 rings (SSSR count). The molecule has 0 bridgehead atoms. The van der Waals surface area contributed by atoms with E-state index in [-0.39, 0.29) is 0 Å². The summed E-state index contributed by atoms with van der Waals surface area (Å²) >= 11 is 3.20. The van der Waals surface area contributed by atoms with Crippen LogP contribution in [0, 0.1) is 0 Å². The van der Waals surface area contributed by atoms with Crippen molar-refractivity contribution in [3.63, 3.8) is 0 Å². The van der Waals surface area contributed by atoms with Gasteiger partial charge in [-0.15, -0.1) is 0 Å². The molecule has 0 atom stereocenters. The Labute approximate surface area is 88.6 Å². The zero-order valence-electron chi connectivity index (χ0n) is 7.07. The zero-order valence-corrected chi connectivity index (χ0v) is 8.65. The molecule has 1 N–H and O–H groups in total. The van der Waals surface area contributed by atoms with Crippen molar-refractivity contribution in [2.45, 2.75) is 6.42 Å². The van der Waals surface area contributed by atoms with Crippen molar-refractivity contribution in [3.8, 4) is 5.75 Å². The Morgan fingerprint density at radius 3 is 2.71 bits per heavy atom. The summed E-state index contributed by atoms with van der Waals surface area (Å²) in [4.78, 5) is 21.1. The molecule has 0 aliphatic carbocycles. The van der Waals surface area contributed by atoms with E-state index in [1.807, 2.05) is 0 Å². The second-order valence-electron chi connectivity index (χ2n) is 2.50. The third kappa shape index (κ3) is 3.57. The second kappa shape index (κ2) is 4.76. The summed E-state index contributed by atoms with van der Waals surface area (Å²) in [5.41, 5.74) is 0. The maximum Gasteiger partial charge on any atom is 0.322 e. The molecule has 4 nitrogen and oxygen atoms in total. The van der Waals surface area contributed by atoms with Gasteiger partial charge in [-0.2, -0.15) is 0 Å². The number of carbonyl (C=O) groups is 2. The van der Waals surface area contributed by atoms with E-state index in [9.17, 15) is 9.59 Å². The molecule has 0 fully saturated rings. The summed E-state index contributed by atoms with van der Waals surface area (Å²) in [6.45, 7) is 0. The van der Waals surface area contributed by atoms with Crippen LogP contribution in [0.3, 0.4) is 0 Å². The fraction of sp³-hybridized carbons (Fsp3) is 0.111. The SMILES string of the molecule is O=C(O)CC(=O)Oc1cccc(Br)c1. The number of carboxylic acids is 1. The van der Waals surface area contributed by atoms with Crippen LogP contribution in [0.25, 0.3) is 0 Å². The van der Waals surface area contributed by atoms with Gasteiger partial charge in [-0.3, -0.25) is 9.59 Å². The number of ether oxygens (including phenoxy) is 1. The number of benzene rings is 1. The van der Waals surface area contributed by atoms with Gasteiger partial charge in [-0.05, 0) is 18.2 Å². The Balaban J connectivity index is 2.60. The standard InChI is InChI=1S/C9H7BrO4/c10-6-2-1-3-7(4-6)14-9(13)5-8(11)12/h1-4H,5H2,(H,11,12). The molecule has 14 heavy (non-hydrogen) atoms. The molecule has 0 aromatic heterocycles. The lowest BCUT2D eigenvalue weighted by Gasteiger charge is -2.01. The quantitative estimate of drug-likeness (QED) is 0.511. The van der Waals surface area contributed by atoms with Gasteiger partial charge >= 0.3 is 11.9 Å². The maximum atomic E-state index is 10.9. The Bertz CT molecular complexity index is 362. The first-order valence-electron chi connectivity index (χ1n) is 3.76. The van der Waals surface area contributed by atoms with Gasteiger partial charge in [0.25, 0.3) is 0 Å². The lowest BCUT2D eigenvalue weighted by Crippen LogP contribution is -2.13. The highest BCUT2D eigenvalue weighted by Crippen LogP contribution is 2.17. The first-order chi connectivity index (χ1) is 6.58. The minimum atomic E-state index is -1.20. The summed E-state index contributed by atoms with van der Waals surface area (Å²) < 4.78 is 5.52. The molecule has 0 amide bonds. The minimum absolute atomic E-state index is 0.325. The van der Waals surface area contributed by atoms with Gasteiger partial charge in [0.15, 0.2) is 0 Å². The van der Waals surface area contributed by atoms with E-state index in [1.54, 1.807) is 24.3 Å². The summed E-state index contributed by atoms with van der Waals surface area (Å²) in [5.74, 6) is -1.66. The molecule has 0 saturated carbocycles. The van der Waals surface area contributed by atoms with Crippen molar-refractivity contribution in [3.05, 3.63) is 28.7 Å².